The van der Waals surface area contributed by atoms with Gasteiger partial charge in [0.05, 0.1) is 22.0 Å². The maximum Gasteiger partial charge on any atom is 0.266 e. The zero-order valence-electron chi connectivity index (χ0n) is 20.7. The van der Waals surface area contributed by atoms with Gasteiger partial charge in [-0.25, -0.2) is 19.6 Å². The summed E-state index contributed by atoms with van der Waals surface area (Å²) in [6.07, 6.45) is 8.84. The minimum atomic E-state index is -0.133. The monoisotopic (exact) mass is 487 g/mol. The number of terminal acetylenes is 1. The van der Waals surface area contributed by atoms with E-state index in [2.05, 4.69) is 27.7 Å². The van der Waals surface area contributed by atoms with Crippen molar-refractivity contribution in [3.63, 3.8) is 0 Å². The third kappa shape index (κ3) is 4.41. The van der Waals surface area contributed by atoms with Gasteiger partial charge in [0.25, 0.3) is 5.56 Å². The molecule has 0 aliphatic heterocycles. The molecule has 0 spiro atoms. The fraction of sp³-hybridized carbons (Fsp3) is 0.207. The fourth-order valence-corrected chi connectivity index (χ4v) is 4.40. The number of aromatic nitrogens is 6. The van der Waals surface area contributed by atoms with Crippen molar-refractivity contribution < 1.29 is 0 Å². The number of para-hydroxylation sites is 1. The number of rotatable bonds is 5. The first-order valence-electron chi connectivity index (χ1n) is 12.0. The van der Waals surface area contributed by atoms with Gasteiger partial charge in [0.15, 0.2) is 5.65 Å². The lowest BCUT2D eigenvalue weighted by Gasteiger charge is -2.16. The molecular formula is C29H25N7O. The SMILES string of the molecule is C#CCCCC#Cc1nn(Cc2nc3cccc(C)c3c(=O)n2-c2ccccc2C)c2ncnc(N)c12. The number of unbranched alkanes of at least 4 members (excludes halogenated alkanes) is 2. The van der Waals surface area contributed by atoms with Crippen LogP contribution in [0.3, 0.4) is 0 Å². The van der Waals surface area contributed by atoms with Crippen LogP contribution in [0.1, 0.15) is 41.9 Å². The molecule has 182 valence electrons. The number of hydrogen-bond donors (Lipinski definition) is 1. The normalized spacial score (nSPS) is 10.8. The van der Waals surface area contributed by atoms with E-state index in [0.717, 1.165) is 23.2 Å². The Hall–Kier alpha value is -4.95. The number of hydrogen-bond acceptors (Lipinski definition) is 6. The van der Waals surface area contributed by atoms with Crippen LogP contribution >= 0.6 is 0 Å². The number of anilines is 1. The van der Waals surface area contributed by atoms with Crippen molar-refractivity contribution in [3.05, 3.63) is 81.8 Å². The van der Waals surface area contributed by atoms with Crippen LogP contribution in [0.15, 0.2) is 53.6 Å². The van der Waals surface area contributed by atoms with Gasteiger partial charge in [-0.1, -0.05) is 36.3 Å². The molecular weight excluding hydrogens is 462 g/mol. The number of nitrogen functional groups attached to an aromatic ring is 1. The molecule has 0 aliphatic carbocycles. The Morgan fingerprint density at radius 3 is 2.62 bits per heavy atom. The van der Waals surface area contributed by atoms with Gasteiger partial charge in [0.1, 0.15) is 30.2 Å². The highest BCUT2D eigenvalue weighted by molar-refractivity contribution is 5.90. The Balaban J connectivity index is 1.70. The predicted octanol–water partition coefficient (Wildman–Crippen LogP) is 3.93. The molecule has 3 heterocycles. The van der Waals surface area contributed by atoms with Gasteiger partial charge in [-0.2, -0.15) is 5.10 Å². The molecule has 0 aliphatic rings. The number of nitrogens with zero attached hydrogens (tertiary/aromatic N) is 6. The first-order chi connectivity index (χ1) is 18.0. The van der Waals surface area contributed by atoms with E-state index in [0.29, 0.717) is 52.1 Å². The Labute approximate surface area is 214 Å². The molecule has 0 bridgehead atoms. The summed E-state index contributed by atoms with van der Waals surface area (Å²) in [5.41, 5.74) is 10.3. The summed E-state index contributed by atoms with van der Waals surface area (Å²) in [5.74, 6) is 9.64. The zero-order valence-corrected chi connectivity index (χ0v) is 20.7. The second-order valence-electron chi connectivity index (χ2n) is 8.75. The summed E-state index contributed by atoms with van der Waals surface area (Å²) >= 11 is 0. The molecule has 5 aromatic rings. The average molecular weight is 488 g/mol. The first-order valence-corrected chi connectivity index (χ1v) is 12.0. The van der Waals surface area contributed by atoms with Gasteiger partial charge >= 0.3 is 0 Å². The molecule has 3 aromatic heterocycles. The van der Waals surface area contributed by atoms with Crippen molar-refractivity contribution in [2.75, 3.05) is 5.73 Å². The Morgan fingerprint density at radius 1 is 1.00 bits per heavy atom. The van der Waals surface area contributed by atoms with E-state index in [9.17, 15) is 4.79 Å². The van der Waals surface area contributed by atoms with Crippen LogP contribution in [0.25, 0.3) is 27.6 Å². The summed E-state index contributed by atoms with van der Waals surface area (Å²) in [5, 5.41) is 5.88. The second kappa shape index (κ2) is 9.96. The Bertz CT molecular complexity index is 1810. The molecule has 0 unspecified atom stereocenters. The van der Waals surface area contributed by atoms with Crippen molar-refractivity contribution in [2.24, 2.45) is 0 Å². The number of fused-ring (bicyclic) bond motifs is 2. The summed E-state index contributed by atoms with van der Waals surface area (Å²) in [6, 6.07) is 13.4. The molecule has 0 fully saturated rings. The van der Waals surface area contributed by atoms with Gasteiger partial charge in [0.2, 0.25) is 0 Å². The fourth-order valence-electron chi connectivity index (χ4n) is 4.40. The maximum absolute atomic E-state index is 13.9. The molecule has 2 N–H and O–H groups in total. The first kappa shape index (κ1) is 23.8. The molecule has 37 heavy (non-hydrogen) atoms. The van der Waals surface area contributed by atoms with Gasteiger partial charge in [-0.15, -0.1) is 12.3 Å². The Morgan fingerprint density at radius 2 is 1.81 bits per heavy atom. The van der Waals surface area contributed by atoms with Crippen LogP contribution in [0.4, 0.5) is 5.82 Å². The predicted molar refractivity (Wildman–Crippen MR) is 145 cm³/mol. The molecule has 0 saturated heterocycles. The smallest absolute Gasteiger partial charge is 0.266 e. The zero-order chi connectivity index (χ0) is 25.9. The third-order valence-electron chi connectivity index (χ3n) is 6.21. The Kier molecular flexibility index (Phi) is 6.40. The lowest BCUT2D eigenvalue weighted by molar-refractivity contribution is 0.647. The van der Waals surface area contributed by atoms with Gasteiger partial charge < -0.3 is 5.73 Å². The van der Waals surface area contributed by atoms with Crippen molar-refractivity contribution in [1.82, 2.24) is 29.3 Å². The maximum atomic E-state index is 13.9. The van der Waals surface area contributed by atoms with Crippen molar-refractivity contribution in [2.45, 2.75) is 39.7 Å². The summed E-state index contributed by atoms with van der Waals surface area (Å²) in [6.45, 7) is 4.07. The third-order valence-corrected chi connectivity index (χ3v) is 6.21. The average Bonchev–Trinajstić information content (AvgIpc) is 3.23. The van der Waals surface area contributed by atoms with Crippen LogP contribution in [0.5, 0.6) is 0 Å². The number of aryl methyl sites for hydroxylation is 2. The van der Waals surface area contributed by atoms with E-state index in [-0.39, 0.29) is 12.1 Å². The van der Waals surface area contributed by atoms with Crippen LogP contribution in [0.2, 0.25) is 0 Å². The largest absolute Gasteiger partial charge is 0.383 e. The van der Waals surface area contributed by atoms with Crippen LogP contribution in [-0.4, -0.2) is 29.3 Å². The quantitative estimate of drug-likeness (QED) is 0.298. The van der Waals surface area contributed by atoms with Crippen molar-refractivity contribution in [1.29, 1.82) is 0 Å². The van der Waals surface area contributed by atoms with Crippen LogP contribution in [0, 0.1) is 38.0 Å². The standard InChI is InChI=1S/C29H25N7O/c1-4-5-6-7-8-14-22-26-27(30)31-18-32-28(26)35(34-22)17-24-33-21-15-11-13-20(3)25(21)29(37)36(24)23-16-10-9-12-19(23)2/h1,9-13,15-16,18H,5-7,17H2,2-3H3,(H2,30,31,32). The summed E-state index contributed by atoms with van der Waals surface area (Å²) < 4.78 is 3.34. The van der Waals surface area contributed by atoms with Crippen LogP contribution in [-0.2, 0) is 6.54 Å². The van der Waals surface area contributed by atoms with E-state index in [1.165, 1.54) is 6.33 Å². The van der Waals surface area contributed by atoms with Crippen molar-refractivity contribution >= 4 is 27.8 Å². The lowest BCUT2D eigenvalue weighted by atomic mass is 10.1. The molecule has 5 rings (SSSR count). The summed E-state index contributed by atoms with van der Waals surface area (Å²) in [4.78, 5) is 27.4. The highest BCUT2D eigenvalue weighted by atomic mass is 16.1. The highest BCUT2D eigenvalue weighted by Crippen LogP contribution is 2.23. The van der Waals surface area contributed by atoms with E-state index >= 15 is 0 Å². The minimum absolute atomic E-state index is 0.133. The molecule has 8 heteroatoms. The molecule has 0 radical (unpaired) electrons. The van der Waals surface area contributed by atoms with E-state index in [1.54, 1.807) is 9.25 Å². The second-order valence-corrected chi connectivity index (χ2v) is 8.75. The van der Waals surface area contributed by atoms with Crippen molar-refractivity contribution in [3.8, 4) is 29.9 Å². The molecule has 8 nitrogen and oxygen atoms in total. The highest BCUT2D eigenvalue weighted by Gasteiger charge is 2.19. The molecule has 0 amide bonds. The number of benzene rings is 2. The minimum Gasteiger partial charge on any atom is -0.383 e. The molecule has 0 atom stereocenters. The summed E-state index contributed by atoms with van der Waals surface area (Å²) in [7, 11) is 0. The molecule has 0 saturated carbocycles. The van der Waals surface area contributed by atoms with Gasteiger partial charge in [0, 0.05) is 12.8 Å². The lowest BCUT2D eigenvalue weighted by Crippen LogP contribution is -2.26. The van der Waals surface area contributed by atoms with Gasteiger partial charge in [-0.3, -0.25) is 9.36 Å². The van der Waals surface area contributed by atoms with E-state index in [4.69, 9.17) is 22.2 Å². The number of nitrogens with two attached hydrogens (primary N) is 1. The van der Waals surface area contributed by atoms with Crippen LogP contribution < -0.4 is 11.3 Å². The van der Waals surface area contributed by atoms with E-state index < -0.39 is 0 Å². The topological polar surface area (TPSA) is 105 Å². The van der Waals surface area contributed by atoms with E-state index in [1.807, 2.05) is 56.3 Å². The molecule has 2 aromatic carbocycles. The van der Waals surface area contributed by atoms with Gasteiger partial charge in [-0.05, 0) is 49.4 Å².